The lowest BCUT2D eigenvalue weighted by Crippen LogP contribution is -1.95. The van der Waals surface area contributed by atoms with Crippen LogP contribution in [0.5, 0.6) is 5.75 Å². The third kappa shape index (κ3) is 5.59. The Balaban J connectivity index is 1.47. The van der Waals surface area contributed by atoms with Crippen LogP contribution in [0.4, 0.5) is 5.69 Å². The lowest BCUT2D eigenvalue weighted by atomic mass is 10.2. The minimum absolute atomic E-state index is 0.554. The van der Waals surface area contributed by atoms with Gasteiger partial charge >= 0.3 is 0 Å². The number of benzene rings is 4. The number of para-hydroxylation sites is 1. The van der Waals surface area contributed by atoms with Crippen molar-refractivity contribution < 1.29 is 4.74 Å². The average Bonchev–Trinajstić information content (AvgIpc) is 2.79. The second-order valence-electron chi connectivity index (χ2n) is 6.49. The van der Waals surface area contributed by atoms with Gasteiger partial charge in [0.05, 0.1) is 5.69 Å². The minimum atomic E-state index is 0.554. The quantitative estimate of drug-likeness (QED) is 0.309. The van der Waals surface area contributed by atoms with E-state index in [1.807, 2.05) is 72.9 Å². The summed E-state index contributed by atoms with van der Waals surface area (Å²) in [5, 5.41) is 0. The predicted molar refractivity (Wildman–Crippen MR) is 121 cm³/mol. The van der Waals surface area contributed by atoms with Crippen LogP contribution in [0.25, 0.3) is 0 Å². The van der Waals surface area contributed by atoms with Gasteiger partial charge in [-0.05, 0) is 47.5 Å². The first kappa shape index (κ1) is 19.0. The molecule has 3 heteroatoms. The van der Waals surface area contributed by atoms with E-state index >= 15 is 0 Å². The van der Waals surface area contributed by atoms with E-state index in [2.05, 4.69) is 42.5 Å². The molecule has 0 bridgehead atoms. The van der Waals surface area contributed by atoms with Gasteiger partial charge in [0.15, 0.2) is 0 Å². The molecule has 0 saturated carbocycles. The summed E-state index contributed by atoms with van der Waals surface area (Å²) in [5.74, 6) is 0.838. The number of nitrogens with zero attached hydrogens (tertiary/aromatic N) is 1. The van der Waals surface area contributed by atoms with Crippen LogP contribution in [-0.2, 0) is 6.61 Å². The molecular formula is C26H21NOS. The molecular weight excluding hydrogens is 374 g/mol. The summed E-state index contributed by atoms with van der Waals surface area (Å²) < 4.78 is 5.92. The summed E-state index contributed by atoms with van der Waals surface area (Å²) in [6.07, 6.45) is 1.89. The molecule has 0 heterocycles. The maximum absolute atomic E-state index is 5.92. The van der Waals surface area contributed by atoms with Crippen molar-refractivity contribution >= 4 is 23.7 Å². The molecule has 4 aromatic rings. The van der Waals surface area contributed by atoms with E-state index in [-0.39, 0.29) is 0 Å². The van der Waals surface area contributed by atoms with Crippen molar-refractivity contribution in [1.82, 2.24) is 0 Å². The van der Waals surface area contributed by atoms with Gasteiger partial charge in [0.25, 0.3) is 0 Å². The molecule has 4 rings (SSSR count). The van der Waals surface area contributed by atoms with Crippen LogP contribution in [0.15, 0.2) is 124 Å². The van der Waals surface area contributed by atoms with Gasteiger partial charge in [-0.25, -0.2) is 0 Å². The Morgan fingerprint density at radius 3 is 2.28 bits per heavy atom. The number of ether oxygens (including phenoxy) is 1. The zero-order valence-electron chi connectivity index (χ0n) is 15.9. The Morgan fingerprint density at radius 1 is 0.724 bits per heavy atom. The Morgan fingerprint density at radius 2 is 1.45 bits per heavy atom. The predicted octanol–water partition coefficient (Wildman–Crippen LogP) is 7.17. The van der Waals surface area contributed by atoms with Gasteiger partial charge < -0.3 is 4.74 Å². The SMILES string of the molecule is C(=Nc1ccccc1Sc1ccccc1)c1cccc(OCc2ccccc2)c1. The van der Waals surface area contributed by atoms with Gasteiger partial charge in [-0.15, -0.1) is 0 Å². The first-order valence-electron chi connectivity index (χ1n) is 9.50. The van der Waals surface area contributed by atoms with Crippen LogP contribution >= 0.6 is 11.8 Å². The monoisotopic (exact) mass is 395 g/mol. The third-order valence-corrected chi connectivity index (χ3v) is 5.37. The summed E-state index contributed by atoms with van der Waals surface area (Å²) in [4.78, 5) is 7.06. The standard InChI is InChI=1S/C26H21NOS/c1-3-10-21(11-4-1)20-28-23-13-9-12-22(18-23)19-27-25-16-7-8-17-26(25)29-24-14-5-2-6-15-24/h1-19H,20H2. The molecule has 0 saturated heterocycles. The van der Waals surface area contributed by atoms with E-state index in [9.17, 15) is 0 Å². The van der Waals surface area contributed by atoms with Crippen LogP contribution in [0, 0.1) is 0 Å². The Kier molecular flexibility index (Phi) is 6.41. The zero-order valence-corrected chi connectivity index (χ0v) is 16.8. The highest BCUT2D eigenvalue weighted by atomic mass is 32.2. The number of aliphatic imine (C=N–C) groups is 1. The van der Waals surface area contributed by atoms with Gasteiger partial charge in [-0.2, -0.15) is 0 Å². The lowest BCUT2D eigenvalue weighted by Gasteiger charge is -2.07. The van der Waals surface area contributed by atoms with Gasteiger partial charge in [-0.1, -0.05) is 84.6 Å². The molecule has 2 nitrogen and oxygen atoms in total. The van der Waals surface area contributed by atoms with Gasteiger partial charge in [0, 0.05) is 16.0 Å². The summed E-state index contributed by atoms with van der Waals surface area (Å²) in [5.41, 5.74) is 3.12. The molecule has 0 fully saturated rings. The highest BCUT2D eigenvalue weighted by molar-refractivity contribution is 7.99. The molecule has 0 N–H and O–H groups in total. The molecule has 0 aliphatic rings. The van der Waals surface area contributed by atoms with Crippen molar-refractivity contribution in [3.05, 3.63) is 120 Å². The molecule has 0 unspecified atom stereocenters. The smallest absolute Gasteiger partial charge is 0.120 e. The van der Waals surface area contributed by atoms with Crippen LogP contribution in [0.2, 0.25) is 0 Å². The Bertz CT molecular complexity index is 1080. The molecule has 0 radical (unpaired) electrons. The number of hydrogen-bond donors (Lipinski definition) is 0. The fourth-order valence-electron chi connectivity index (χ4n) is 2.84. The Hall–Kier alpha value is -3.30. The summed E-state index contributed by atoms with van der Waals surface area (Å²) in [6, 6.07) is 36.7. The van der Waals surface area contributed by atoms with Crippen molar-refractivity contribution in [3.63, 3.8) is 0 Å². The van der Waals surface area contributed by atoms with Crippen molar-refractivity contribution in [2.24, 2.45) is 4.99 Å². The first-order chi connectivity index (χ1) is 14.4. The zero-order chi connectivity index (χ0) is 19.7. The summed E-state index contributed by atoms with van der Waals surface area (Å²) in [7, 11) is 0. The van der Waals surface area contributed by atoms with E-state index in [4.69, 9.17) is 9.73 Å². The molecule has 29 heavy (non-hydrogen) atoms. The van der Waals surface area contributed by atoms with Crippen molar-refractivity contribution in [1.29, 1.82) is 0 Å². The van der Waals surface area contributed by atoms with Crippen molar-refractivity contribution in [3.8, 4) is 5.75 Å². The molecule has 0 spiro atoms. The highest BCUT2D eigenvalue weighted by Gasteiger charge is 2.03. The van der Waals surface area contributed by atoms with Crippen LogP contribution in [0.3, 0.4) is 0 Å². The average molecular weight is 396 g/mol. The molecule has 0 amide bonds. The second-order valence-corrected chi connectivity index (χ2v) is 7.60. The van der Waals surface area contributed by atoms with E-state index in [0.29, 0.717) is 6.61 Å². The maximum atomic E-state index is 5.92. The molecule has 0 aromatic heterocycles. The van der Waals surface area contributed by atoms with Crippen LogP contribution in [0.1, 0.15) is 11.1 Å². The fraction of sp³-hybridized carbons (Fsp3) is 0.0385. The number of rotatable bonds is 7. The molecule has 0 atom stereocenters. The minimum Gasteiger partial charge on any atom is -0.489 e. The molecule has 0 aliphatic heterocycles. The van der Waals surface area contributed by atoms with Crippen LogP contribution < -0.4 is 4.74 Å². The lowest BCUT2D eigenvalue weighted by molar-refractivity contribution is 0.306. The van der Waals surface area contributed by atoms with E-state index in [0.717, 1.165) is 27.5 Å². The highest BCUT2D eigenvalue weighted by Crippen LogP contribution is 2.34. The number of hydrogen-bond acceptors (Lipinski definition) is 3. The molecule has 142 valence electrons. The summed E-state index contributed by atoms with van der Waals surface area (Å²) >= 11 is 1.72. The van der Waals surface area contributed by atoms with Gasteiger partial charge in [0.2, 0.25) is 0 Å². The van der Waals surface area contributed by atoms with Crippen LogP contribution in [-0.4, -0.2) is 6.21 Å². The molecule has 0 aliphatic carbocycles. The van der Waals surface area contributed by atoms with Gasteiger partial charge in [0.1, 0.15) is 12.4 Å². The van der Waals surface area contributed by atoms with Gasteiger partial charge in [-0.3, -0.25) is 4.99 Å². The van der Waals surface area contributed by atoms with E-state index in [1.54, 1.807) is 11.8 Å². The van der Waals surface area contributed by atoms with Crippen molar-refractivity contribution in [2.75, 3.05) is 0 Å². The maximum Gasteiger partial charge on any atom is 0.120 e. The normalized spacial score (nSPS) is 10.9. The summed E-state index contributed by atoms with van der Waals surface area (Å²) in [6.45, 7) is 0.554. The fourth-order valence-corrected chi connectivity index (χ4v) is 3.75. The largest absolute Gasteiger partial charge is 0.489 e. The topological polar surface area (TPSA) is 21.6 Å². The van der Waals surface area contributed by atoms with E-state index < -0.39 is 0 Å². The van der Waals surface area contributed by atoms with Crippen molar-refractivity contribution in [2.45, 2.75) is 16.4 Å². The second kappa shape index (κ2) is 9.76. The first-order valence-corrected chi connectivity index (χ1v) is 10.3. The molecule has 4 aromatic carbocycles. The Labute approximate surface area is 175 Å². The van der Waals surface area contributed by atoms with E-state index in [1.165, 1.54) is 4.90 Å². The third-order valence-electron chi connectivity index (χ3n) is 4.30.